The third kappa shape index (κ3) is 9.46. The molecule has 1 aromatic heterocycles. The van der Waals surface area contributed by atoms with Crippen molar-refractivity contribution in [2.24, 2.45) is 0 Å². The van der Waals surface area contributed by atoms with Crippen molar-refractivity contribution in [2.75, 3.05) is 24.1 Å². The summed E-state index contributed by atoms with van der Waals surface area (Å²) in [6.45, 7) is 5.84. The van der Waals surface area contributed by atoms with Gasteiger partial charge in [0.05, 0.1) is 24.1 Å². The molecule has 0 aliphatic carbocycles. The fourth-order valence-corrected chi connectivity index (χ4v) is 3.59. The molecule has 0 bridgehead atoms. The number of carbonyl (C=O) groups is 2. The Morgan fingerprint density at radius 2 is 1.86 bits per heavy atom. The van der Waals surface area contributed by atoms with Gasteiger partial charge in [0.1, 0.15) is 23.9 Å². The van der Waals surface area contributed by atoms with E-state index in [2.05, 4.69) is 15.3 Å². The number of carbonyl (C=O) groups excluding carboxylic acids is 2. The first-order chi connectivity index (χ1) is 16.9. The van der Waals surface area contributed by atoms with E-state index in [0.717, 1.165) is 6.26 Å². The summed E-state index contributed by atoms with van der Waals surface area (Å²) in [4.78, 5) is 32.7. The zero-order valence-corrected chi connectivity index (χ0v) is 21.6. The number of ketones is 1. The highest BCUT2D eigenvalue weighted by molar-refractivity contribution is 7.90. The van der Waals surface area contributed by atoms with Crippen molar-refractivity contribution in [3.05, 3.63) is 47.4 Å². The van der Waals surface area contributed by atoms with Crippen molar-refractivity contribution >= 4 is 33.6 Å². The molecular formula is C25H32FN3O6S. The van der Waals surface area contributed by atoms with E-state index in [1.54, 1.807) is 6.08 Å². The first-order valence-electron chi connectivity index (χ1n) is 11.5. The van der Waals surface area contributed by atoms with E-state index in [0.29, 0.717) is 28.9 Å². The van der Waals surface area contributed by atoms with E-state index in [1.165, 1.54) is 30.3 Å². The Kier molecular flexibility index (Phi) is 10.7. The van der Waals surface area contributed by atoms with Crippen LogP contribution in [0.4, 0.5) is 10.3 Å². The first kappa shape index (κ1) is 29.1. The number of benzene rings is 1. The molecule has 0 saturated heterocycles. The second-order valence-corrected chi connectivity index (χ2v) is 10.8. The number of aliphatic hydroxyl groups is 1. The predicted octanol–water partition coefficient (Wildman–Crippen LogP) is 3.50. The van der Waals surface area contributed by atoms with Crippen LogP contribution in [0.2, 0.25) is 0 Å². The summed E-state index contributed by atoms with van der Waals surface area (Å²) < 4.78 is 41.7. The van der Waals surface area contributed by atoms with Crippen LogP contribution in [-0.4, -0.2) is 60.1 Å². The summed E-state index contributed by atoms with van der Waals surface area (Å²) >= 11 is 0. The van der Waals surface area contributed by atoms with Gasteiger partial charge in [0.2, 0.25) is 5.95 Å². The third-order valence-corrected chi connectivity index (χ3v) is 5.53. The molecule has 1 heterocycles. The number of aliphatic hydroxyl groups excluding tert-OH is 1. The van der Waals surface area contributed by atoms with Crippen molar-refractivity contribution in [3.63, 3.8) is 0 Å². The number of nitrogens with zero attached hydrogens (tertiary/aromatic N) is 2. The predicted molar refractivity (Wildman–Crippen MR) is 135 cm³/mol. The van der Waals surface area contributed by atoms with Gasteiger partial charge in [0.15, 0.2) is 9.84 Å². The second kappa shape index (κ2) is 13.2. The van der Waals surface area contributed by atoms with Crippen LogP contribution < -0.4 is 5.32 Å². The number of nitrogens with one attached hydrogen (secondary N) is 1. The van der Waals surface area contributed by atoms with Crippen LogP contribution in [0.1, 0.15) is 57.2 Å². The van der Waals surface area contributed by atoms with Crippen LogP contribution in [0, 0.1) is 5.82 Å². The Labute approximate surface area is 210 Å². The lowest BCUT2D eigenvalue weighted by Gasteiger charge is -2.16. The molecule has 9 nitrogen and oxygen atoms in total. The van der Waals surface area contributed by atoms with Crippen molar-refractivity contribution in [1.82, 2.24) is 9.97 Å². The van der Waals surface area contributed by atoms with Crippen molar-refractivity contribution in [2.45, 2.75) is 52.1 Å². The van der Waals surface area contributed by atoms with Crippen LogP contribution in [0.5, 0.6) is 0 Å². The summed E-state index contributed by atoms with van der Waals surface area (Å²) in [5.74, 6) is -1.95. The molecule has 1 aromatic carbocycles. The van der Waals surface area contributed by atoms with Gasteiger partial charge in [0.25, 0.3) is 0 Å². The highest BCUT2D eigenvalue weighted by Crippen LogP contribution is 2.30. The molecule has 1 unspecified atom stereocenters. The third-order valence-electron chi connectivity index (χ3n) is 4.86. The number of sulfone groups is 1. The molecule has 2 N–H and O–H groups in total. The van der Waals surface area contributed by atoms with Crippen LogP contribution in [0.3, 0.4) is 0 Å². The lowest BCUT2D eigenvalue weighted by molar-refractivity contribution is -0.146. The Hall–Kier alpha value is -3.18. The number of Topliss-reactive ketones (excluding diaryl/α,β-unsaturated/α-hetero) is 1. The number of ether oxygens (including phenoxy) is 1. The van der Waals surface area contributed by atoms with Gasteiger partial charge >= 0.3 is 5.97 Å². The number of halogens is 1. The minimum Gasteiger partial charge on any atom is -0.465 e. The molecule has 196 valence electrons. The van der Waals surface area contributed by atoms with E-state index < -0.39 is 39.9 Å². The van der Waals surface area contributed by atoms with Crippen LogP contribution in [-0.2, 0) is 24.2 Å². The molecule has 1 atom stereocenters. The Morgan fingerprint density at radius 1 is 1.19 bits per heavy atom. The van der Waals surface area contributed by atoms with Crippen LogP contribution >= 0.6 is 0 Å². The van der Waals surface area contributed by atoms with Crippen LogP contribution in [0.25, 0.3) is 17.3 Å². The maximum absolute atomic E-state index is 13.6. The molecule has 0 amide bonds. The van der Waals surface area contributed by atoms with E-state index in [1.807, 2.05) is 20.8 Å². The summed E-state index contributed by atoms with van der Waals surface area (Å²) in [5, 5.41) is 13.1. The highest BCUT2D eigenvalue weighted by Gasteiger charge is 2.19. The molecule has 0 saturated carbocycles. The smallest absolute Gasteiger partial charge is 0.313 e. The molecule has 0 aliphatic rings. The molecular weight excluding hydrogens is 489 g/mol. The Balaban J connectivity index is 2.39. The topological polar surface area (TPSA) is 136 Å². The van der Waals surface area contributed by atoms with E-state index >= 15 is 0 Å². The molecule has 11 heteroatoms. The molecule has 0 radical (unpaired) electrons. The van der Waals surface area contributed by atoms with Gasteiger partial charge in [-0.2, -0.15) is 0 Å². The largest absolute Gasteiger partial charge is 0.465 e. The van der Waals surface area contributed by atoms with Crippen LogP contribution in [0.15, 0.2) is 30.3 Å². The minimum absolute atomic E-state index is 0.0851. The molecule has 36 heavy (non-hydrogen) atoms. The maximum atomic E-state index is 13.6. The van der Waals surface area contributed by atoms with Gasteiger partial charge in [-0.05, 0) is 36.6 Å². The Morgan fingerprint density at radius 3 is 2.44 bits per heavy atom. The standard InChI is InChI=1S/C25H32FN3O6S/c1-5-12-35-22(32)14-20(31)13-19(30)10-11-21-23(16(2)3)28-25(27-15-36(4,33)34)29-24(21)17-6-8-18(26)9-7-17/h6-11,16,19,30H,5,12-15H2,1-4H3,(H,27,28,29). The first-order valence-corrected chi connectivity index (χ1v) is 13.6. The second-order valence-electron chi connectivity index (χ2n) is 8.67. The molecule has 0 spiro atoms. The summed E-state index contributed by atoms with van der Waals surface area (Å²) in [6.07, 6.45) is 2.80. The van der Waals surface area contributed by atoms with E-state index in [9.17, 15) is 27.5 Å². The normalized spacial score (nSPS) is 12.6. The zero-order valence-electron chi connectivity index (χ0n) is 20.8. The lowest BCUT2D eigenvalue weighted by Crippen LogP contribution is -2.17. The monoisotopic (exact) mass is 521 g/mol. The molecule has 2 rings (SSSR count). The zero-order chi connectivity index (χ0) is 26.9. The van der Waals surface area contributed by atoms with E-state index in [-0.39, 0.29) is 30.8 Å². The number of esters is 1. The van der Waals surface area contributed by atoms with Crippen molar-refractivity contribution < 1.29 is 32.2 Å². The summed E-state index contributed by atoms with van der Waals surface area (Å²) in [5.41, 5.74) is 2.02. The van der Waals surface area contributed by atoms with Gasteiger partial charge in [-0.15, -0.1) is 0 Å². The number of rotatable bonds is 13. The maximum Gasteiger partial charge on any atom is 0.313 e. The van der Waals surface area contributed by atoms with Gasteiger partial charge in [-0.3, -0.25) is 9.59 Å². The van der Waals surface area contributed by atoms with Crippen molar-refractivity contribution in [3.8, 4) is 11.3 Å². The number of aromatic nitrogens is 2. The van der Waals surface area contributed by atoms with Gasteiger partial charge in [0, 0.05) is 23.8 Å². The molecule has 0 fully saturated rings. The SMILES string of the molecule is CCCOC(=O)CC(=O)CC(O)C=Cc1c(-c2ccc(F)cc2)nc(NCS(C)(=O)=O)nc1C(C)C. The molecule has 2 aromatic rings. The average Bonchev–Trinajstić information content (AvgIpc) is 2.79. The van der Waals surface area contributed by atoms with Gasteiger partial charge in [-0.25, -0.2) is 22.8 Å². The number of anilines is 1. The lowest BCUT2D eigenvalue weighted by atomic mass is 9.97. The van der Waals surface area contributed by atoms with Gasteiger partial charge in [-0.1, -0.05) is 32.9 Å². The van der Waals surface area contributed by atoms with Crippen molar-refractivity contribution in [1.29, 1.82) is 0 Å². The van der Waals surface area contributed by atoms with Gasteiger partial charge < -0.3 is 15.2 Å². The fourth-order valence-electron chi connectivity index (χ4n) is 3.20. The minimum atomic E-state index is -3.35. The summed E-state index contributed by atoms with van der Waals surface area (Å²) in [6, 6.07) is 5.60. The Bertz CT molecular complexity index is 1200. The number of hydrogen-bond acceptors (Lipinski definition) is 9. The number of hydrogen-bond donors (Lipinski definition) is 2. The van der Waals surface area contributed by atoms with E-state index in [4.69, 9.17) is 4.74 Å². The average molecular weight is 522 g/mol. The quantitative estimate of drug-likeness (QED) is 0.300. The summed E-state index contributed by atoms with van der Waals surface area (Å²) in [7, 11) is -3.35. The fraction of sp³-hybridized carbons (Fsp3) is 0.440. The highest BCUT2D eigenvalue weighted by atomic mass is 32.2. The molecule has 0 aliphatic heterocycles.